The first kappa shape index (κ1) is 18.3. The van der Waals surface area contributed by atoms with Crippen molar-refractivity contribution in [1.82, 2.24) is 10.2 Å². The van der Waals surface area contributed by atoms with Gasteiger partial charge in [-0.2, -0.15) is 0 Å². The molecule has 1 fully saturated rings. The summed E-state index contributed by atoms with van der Waals surface area (Å²) < 4.78 is 5.81. The Morgan fingerprint density at radius 3 is 2.73 bits per heavy atom. The second kappa shape index (κ2) is 8.23. The molecule has 0 unspecified atom stereocenters. The minimum Gasteiger partial charge on any atom is -0.489 e. The van der Waals surface area contributed by atoms with E-state index in [4.69, 9.17) is 4.74 Å². The van der Waals surface area contributed by atoms with Crippen LogP contribution in [0.4, 0.5) is 10.5 Å². The van der Waals surface area contributed by atoms with Crippen molar-refractivity contribution < 1.29 is 9.53 Å². The van der Waals surface area contributed by atoms with Crippen LogP contribution in [0.1, 0.15) is 18.9 Å². The number of nitrogens with one attached hydrogen (secondary N) is 2. The Hall–Kier alpha value is -2.53. The third kappa shape index (κ3) is 5.23. The first-order chi connectivity index (χ1) is 12.5. The lowest BCUT2D eigenvalue weighted by Gasteiger charge is -2.24. The fourth-order valence-corrected chi connectivity index (χ4v) is 3.29. The zero-order valence-electron chi connectivity index (χ0n) is 15.5. The van der Waals surface area contributed by atoms with Gasteiger partial charge in [-0.05, 0) is 43.1 Å². The normalized spacial score (nSPS) is 19.9. The number of hydrogen-bond donors (Lipinski definition) is 2. The number of carbonyl (C=O) groups is 1. The number of nitrogens with zero attached hydrogens (tertiary/aromatic N) is 1. The summed E-state index contributed by atoms with van der Waals surface area (Å²) in [6.45, 7) is 5.49. The van der Waals surface area contributed by atoms with Gasteiger partial charge in [-0.15, -0.1) is 0 Å². The van der Waals surface area contributed by atoms with E-state index in [2.05, 4.69) is 29.5 Å². The number of anilines is 1. The van der Waals surface area contributed by atoms with Gasteiger partial charge in [0.1, 0.15) is 12.4 Å². The number of rotatable bonds is 6. The summed E-state index contributed by atoms with van der Waals surface area (Å²) in [6.07, 6.45) is 1.10. The molecule has 1 aliphatic heterocycles. The van der Waals surface area contributed by atoms with Gasteiger partial charge < -0.3 is 20.3 Å². The number of ether oxygens (including phenoxy) is 1. The van der Waals surface area contributed by atoms with E-state index in [1.807, 2.05) is 54.6 Å². The van der Waals surface area contributed by atoms with E-state index in [9.17, 15) is 4.79 Å². The van der Waals surface area contributed by atoms with Crippen molar-refractivity contribution in [1.29, 1.82) is 0 Å². The molecule has 5 heteroatoms. The summed E-state index contributed by atoms with van der Waals surface area (Å²) in [5, 5.41) is 5.88. The fraction of sp³-hybridized carbons (Fsp3) is 0.381. The van der Waals surface area contributed by atoms with Crippen molar-refractivity contribution in [3.05, 3.63) is 60.2 Å². The van der Waals surface area contributed by atoms with Gasteiger partial charge in [0.15, 0.2) is 0 Å². The van der Waals surface area contributed by atoms with E-state index < -0.39 is 0 Å². The Morgan fingerprint density at radius 1 is 1.19 bits per heavy atom. The molecule has 26 heavy (non-hydrogen) atoms. The van der Waals surface area contributed by atoms with Crippen LogP contribution in [0.15, 0.2) is 54.6 Å². The molecule has 1 atom stereocenters. The maximum absolute atomic E-state index is 12.2. The Bertz CT molecular complexity index is 735. The topological polar surface area (TPSA) is 53.6 Å². The van der Waals surface area contributed by atoms with E-state index in [1.165, 1.54) is 0 Å². The average molecular weight is 353 g/mol. The molecule has 1 saturated heterocycles. The van der Waals surface area contributed by atoms with E-state index >= 15 is 0 Å². The van der Waals surface area contributed by atoms with Gasteiger partial charge in [0, 0.05) is 24.8 Å². The maximum atomic E-state index is 12.2. The highest BCUT2D eigenvalue weighted by Gasteiger charge is 2.32. The maximum Gasteiger partial charge on any atom is 0.319 e. The zero-order valence-corrected chi connectivity index (χ0v) is 15.5. The average Bonchev–Trinajstić information content (AvgIpc) is 2.99. The molecular weight excluding hydrogens is 326 g/mol. The molecule has 0 aliphatic carbocycles. The van der Waals surface area contributed by atoms with Gasteiger partial charge in [0.25, 0.3) is 0 Å². The number of hydrogen-bond acceptors (Lipinski definition) is 3. The predicted octanol–water partition coefficient (Wildman–Crippen LogP) is 3.73. The van der Waals surface area contributed by atoms with Crippen LogP contribution < -0.4 is 15.4 Å². The number of benzene rings is 2. The molecule has 2 amide bonds. The quantitative estimate of drug-likeness (QED) is 0.832. The summed E-state index contributed by atoms with van der Waals surface area (Å²) >= 11 is 0. The largest absolute Gasteiger partial charge is 0.489 e. The molecule has 1 aliphatic rings. The highest BCUT2D eigenvalue weighted by atomic mass is 16.5. The van der Waals surface area contributed by atoms with Crippen molar-refractivity contribution in [2.24, 2.45) is 5.41 Å². The molecule has 2 aromatic carbocycles. The number of likely N-dealkylation sites (tertiary alicyclic amines) is 1. The smallest absolute Gasteiger partial charge is 0.319 e. The van der Waals surface area contributed by atoms with Gasteiger partial charge >= 0.3 is 6.03 Å². The Balaban J connectivity index is 1.49. The molecule has 0 radical (unpaired) electrons. The highest BCUT2D eigenvalue weighted by molar-refractivity contribution is 5.89. The van der Waals surface area contributed by atoms with Crippen molar-refractivity contribution in [3.63, 3.8) is 0 Å². The third-order valence-corrected chi connectivity index (χ3v) is 4.76. The zero-order chi connectivity index (χ0) is 18.4. The van der Waals surface area contributed by atoms with Crippen LogP contribution >= 0.6 is 0 Å². The number of urea groups is 1. The molecule has 2 aromatic rings. The van der Waals surface area contributed by atoms with Crippen LogP contribution in [0.2, 0.25) is 0 Å². The van der Waals surface area contributed by atoms with Crippen molar-refractivity contribution in [2.45, 2.75) is 20.0 Å². The van der Waals surface area contributed by atoms with E-state index in [0.29, 0.717) is 13.2 Å². The lowest BCUT2D eigenvalue weighted by molar-refractivity contribution is 0.241. The standard InChI is InChI=1S/C21H27N3O2/c1-21(11-12-24(2)16-21)15-22-20(25)23-18-9-6-10-19(13-18)26-14-17-7-4-3-5-8-17/h3-10,13H,11-12,14-16H2,1-2H3,(H2,22,23,25)/t21-/m1/s1. The van der Waals surface area contributed by atoms with E-state index in [1.54, 1.807) is 0 Å². The van der Waals surface area contributed by atoms with Gasteiger partial charge in [-0.1, -0.05) is 43.3 Å². The molecule has 2 N–H and O–H groups in total. The minimum atomic E-state index is -0.180. The molecule has 0 aromatic heterocycles. The summed E-state index contributed by atoms with van der Waals surface area (Å²) in [6, 6.07) is 17.3. The predicted molar refractivity (Wildman–Crippen MR) is 104 cm³/mol. The van der Waals surface area contributed by atoms with Gasteiger partial charge in [-0.3, -0.25) is 0 Å². The molecule has 3 rings (SSSR count). The van der Waals surface area contributed by atoms with Crippen LogP contribution in [0.25, 0.3) is 0 Å². The molecule has 138 valence electrons. The molecule has 1 heterocycles. The summed E-state index contributed by atoms with van der Waals surface area (Å²) in [7, 11) is 2.12. The van der Waals surface area contributed by atoms with Crippen LogP contribution in [0.5, 0.6) is 5.75 Å². The van der Waals surface area contributed by atoms with E-state index in [-0.39, 0.29) is 11.4 Å². The minimum absolute atomic E-state index is 0.146. The van der Waals surface area contributed by atoms with Crippen LogP contribution in [0.3, 0.4) is 0 Å². The second-order valence-corrected chi connectivity index (χ2v) is 7.41. The van der Waals surface area contributed by atoms with Crippen molar-refractivity contribution in [3.8, 4) is 5.75 Å². The van der Waals surface area contributed by atoms with Gasteiger partial charge in [-0.25, -0.2) is 4.79 Å². The van der Waals surface area contributed by atoms with Crippen LogP contribution in [0, 0.1) is 5.41 Å². The molecular formula is C21H27N3O2. The van der Waals surface area contributed by atoms with Crippen molar-refractivity contribution in [2.75, 3.05) is 32.0 Å². The first-order valence-electron chi connectivity index (χ1n) is 9.03. The molecule has 0 bridgehead atoms. The Kier molecular flexibility index (Phi) is 5.78. The summed E-state index contributed by atoms with van der Waals surface area (Å²) in [5.74, 6) is 0.732. The number of carbonyl (C=O) groups excluding carboxylic acids is 1. The van der Waals surface area contributed by atoms with E-state index in [0.717, 1.165) is 36.5 Å². The molecule has 5 nitrogen and oxygen atoms in total. The van der Waals surface area contributed by atoms with Crippen molar-refractivity contribution >= 4 is 11.7 Å². The number of amides is 2. The third-order valence-electron chi connectivity index (χ3n) is 4.76. The lowest BCUT2D eigenvalue weighted by Crippen LogP contribution is -2.39. The summed E-state index contributed by atoms with van der Waals surface area (Å²) in [4.78, 5) is 14.5. The van der Waals surface area contributed by atoms with Gasteiger partial charge in [0.2, 0.25) is 0 Å². The summed E-state index contributed by atoms with van der Waals surface area (Å²) in [5.41, 5.74) is 1.98. The fourth-order valence-electron chi connectivity index (χ4n) is 3.29. The van der Waals surface area contributed by atoms with Crippen LogP contribution in [-0.2, 0) is 6.61 Å². The molecule has 0 saturated carbocycles. The SMILES string of the molecule is CN1CC[C@](C)(CNC(=O)Nc2cccc(OCc3ccccc3)c2)C1. The first-order valence-corrected chi connectivity index (χ1v) is 9.03. The Labute approximate surface area is 155 Å². The molecule has 0 spiro atoms. The van der Waals surface area contributed by atoms with Crippen LogP contribution in [-0.4, -0.2) is 37.6 Å². The Morgan fingerprint density at radius 2 is 2.00 bits per heavy atom. The second-order valence-electron chi connectivity index (χ2n) is 7.41. The lowest BCUT2D eigenvalue weighted by atomic mass is 9.90. The highest BCUT2D eigenvalue weighted by Crippen LogP contribution is 2.27. The monoisotopic (exact) mass is 353 g/mol. The van der Waals surface area contributed by atoms with Gasteiger partial charge in [0.05, 0.1) is 0 Å².